The molecule has 1 fully saturated rings. The molecule has 2 amide bonds. The van der Waals surface area contributed by atoms with Crippen molar-refractivity contribution in [1.82, 2.24) is 4.90 Å². The zero-order valence-electron chi connectivity index (χ0n) is 23.5. The van der Waals surface area contributed by atoms with E-state index in [4.69, 9.17) is 25.8 Å². The molecule has 10 nitrogen and oxygen atoms in total. The molecule has 3 aromatic rings. The van der Waals surface area contributed by atoms with Crippen molar-refractivity contribution in [3.05, 3.63) is 65.2 Å². The molecule has 1 heterocycles. The second kappa shape index (κ2) is 12.4. The largest absolute Gasteiger partial charge is 0.494 e. The van der Waals surface area contributed by atoms with E-state index in [1.165, 1.54) is 7.11 Å². The lowest BCUT2D eigenvalue weighted by Crippen LogP contribution is -2.38. The molecule has 0 atom stereocenters. The van der Waals surface area contributed by atoms with Crippen molar-refractivity contribution in [2.45, 2.75) is 26.2 Å². The molecule has 0 aromatic heterocycles. The summed E-state index contributed by atoms with van der Waals surface area (Å²) in [4.78, 5) is 28.1. The first-order valence-electron chi connectivity index (χ1n) is 13.2. The van der Waals surface area contributed by atoms with E-state index < -0.39 is 11.8 Å². The molecule has 0 unspecified atom stereocenters. The van der Waals surface area contributed by atoms with Crippen LogP contribution in [0.2, 0.25) is 0 Å². The van der Waals surface area contributed by atoms with E-state index in [0.717, 1.165) is 49.2 Å². The summed E-state index contributed by atoms with van der Waals surface area (Å²) in [6.45, 7) is 10.5. The fourth-order valence-electron chi connectivity index (χ4n) is 4.70. The van der Waals surface area contributed by atoms with Crippen molar-refractivity contribution in [1.29, 1.82) is 0 Å². The number of nitrogens with two attached hydrogens (primary N) is 2. The summed E-state index contributed by atoms with van der Waals surface area (Å²) in [5.74, 6) is 5.42. The molecule has 3 aromatic carbocycles. The Labute approximate surface area is 234 Å². The van der Waals surface area contributed by atoms with Gasteiger partial charge in [-0.25, -0.2) is 0 Å². The van der Waals surface area contributed by atoms with E-state index in [1.807, 2.05) is 51.1 Å². The maximum atomic E-state index is 13.6. The Morgan fingerprint density at radius 2 is 1.75 bits per heavy atom. The van der Waals surface area contributed by atoms with E-state index in [9.17, 15) is 9.59 Å². The highest BCUT2D eigenvalue weighted by Gasteiger charge is 2.25. The third-order valence-electron chi connectivity index (χ3n) is 6.92. The van der Waals surface area contributed by atoms with Crippen LogP contribution < -0.4 is 26.4 Å². The molecule has 10 heteroatoms. The highest BCUT2D eigenvalue weighted by atomic mass is 16.5. The summed E-state index contributed by atoms with van der Waals surface area (Å²) in [5, 5.41) is 8.29. The maximum Gasteiger partial charge on any atom is 0.276 e. The number of fused-ring (bicyclic) bond motifs is 1. The second-order valence-electron chi connectivity index (χ2n) is 10.6. The number of morpholine rings is 1. The summed E-state index contributed by atoms with van der Waals surface area (Å²) in [5.41, 5.74) is 7.12. The molecule has 1 aliphatic heterocycles. The first-order chi connectivity index (χ1) is 19.1. The van der Waals surface area contributed by atoms with E-state index in [0.29, 0.717) is 23.6 Å². The number of benzene rings is 3. The van der Waals surface area contributed by atoms with Crippen LogP contribution in [0.3, 0.4) is 0 Å². The molecule has 0 aliphatic carbocycles. The Hall–Kier alpha value is -4.15. The first-order valence-corrected chi connectivity index (χ1v) is 13.2. The summed E-state index contributed by atoms with van der Waals surface area (Å²) in [6, 6.07) is 14.7. The van der Waals surface area contributed by atoms with Crippen LogP contribution in [-0.4, -0.2) is 69.0 Å². The van der Waals surface area contributed by atoms with Crippen molar-refractivity contribution in [3.63, 3.8) is 0 Å². The summed E-state index contributed by atoms with van der Waals surface area (Å²) in [6.07, 6.45) is 0. The minimum absolute atomic E-state index is 0.0138. The van der Waals surface area contributed by atoms with Crippen LogP contribution in [0.5, 0.6) is 11.5 Å². The molecule has 212 valence electrons. The zero-order valence-corrected chi connectivity index (χ0v) is 23.5. The number of ether oxygens (including phenoxy) is 3. The van der Waals surface area contributed by atoms with Crippen LogP contribution in [0.25, 0.3) is 10.8 Å². The summed E-state index contributed by atoms with van der Waals surface area (Å²) in [7, 11) is 1.41. The number of methoxy groups -OCH3 is 1. The van der Waals surface area contributed by atoms with Gasteiger partial charge in [-0.05, 0) is 40.6 Å². The lowest BCUT2D eigenvalue weighted by Gasteiger charge is -2.26. The lowest BCUT2D eigenvalue weighted by molar-refractivity contribution is -0.110. The molecule has 0 spiro atoms. The van der Waals surface area contributed by atoms with Gasteiger partial charge in [0.2, 0.25) is 0 Å². The molecule has 40 heavy (non-hydrogen) atoms. The number of amides is 2. The fraction of sp³-hybridized carbons (Fsp3) is 0.367. The van der Waals surface area contributed by atoms with Gasteiger partial charge in [0.15, 0.2) is 11.5 Å². The normalized spacial score (nSPS) is 14.7. The van der Waals surface area contributed by atoms with Crippen molar-refractivity contribution in [2.24, 2.45) is 16.7 Å². The number of hydrogen-bond donors (Lipinski definition) is 3. The Morgan fingerprint density at radius 1 is 1.05 bits per heavy atom. The van der Waals surface area contributed by atoms with Crippen LogP contribution >= 0.6 is 0 Å². The standard InChI is InChI=1S/C30H37N5O5/c1-30(2,3)19-17-23(28(31)36)27(38-4)24(18-19)33-29(37)26(34-32)22-9-10-25(21-8-6-5-7-20(21)22)40-16-13-35-11-14-39-15-12-35/h5-10,17-18H,11-16,32H2,1-4H3,(H2,31,36)(H,33,37)/b34-26+. The molecule has 0 saturated carbocycles. The fourth-order valence-corrected chi connectivity index (χ4v) is 4.70. The Balaban J connectivity index is 1.63. The van der Waals surface area contributed by atoms with E-state index >= 15 is 0 Å². The maximum absolute atomic E-state index is 13.6. The highest BCUT2D eigenvalue weighted by Crippen LogP contribution is 2.36. The predicted molar refractivity (Wildman–Crippen MR) is 156 cm³/mol. The number of hydrogen-bond acceptors (Lipinski definition) is 8. The average molecular weight is 548 g/mol. The number of carbonyl (C=O) groups excluding carboxylic acids is 2. The van der Waals surface area contributed by atoms with Crippen LogP contribution in [0.1, 0.15) is 42.3 Å². The van der Waals surface area contributed by atoms with Crippen LogP contribution in [-0.2, 0) is 14.9 Å². The van der Waals surface area contributed by atoms with Gasteiger partial charge in [-0.15, -0.1) is 0 Å². The number of hydrazone groups is 1. The minimum atomic E-state index is -0.665. The monoisotopic (exact) mass is 547 g/mol. The molecule has 0 radical (unpaired) electrons. The van der Waals surface area contributed by atoms with Gasteiger partial charge in [-0.1, -0.05) is 45.0 Å². The van der Waals surface area contributed by atoms with Gasteiger partial charge in [0.25, 0.3) is 11.8 Å². The van der Waals surface area contributed by atoms with Gasteiger partial charge in [0.05, 0.1) is 31.6 Å². The van der Waals surface area contributed by atoms with Gasteiger partial charge in [-0.2, -0.15) is 5.10 Å². The quantitative estimate of drug-likeness (QED) is 0.212. The number of primary amides is 1. The Bertz CT molecular complexity index is 1420. The van der Waals surface area contributed by atoms with Crippen molar-refractivity contribution in [2.75, 3.05) is 51.9 Å². The second-order valence-corrected chi connectivity index (χ2v) is 10.6. The van der Waals surface area contributed by atoms with Crippen LogP contribution in [0.15, 0.2) is 53.6 Å². The molecule has 1 saturated heterocycles. The van der Waals surface area contributed by atoms with Gasteiger partial charge in [0, 0.05) is 30.6 Å². The van der Waals surface area contributed by atoms with Gasteiger partial charge in [-0.3, -0.25) is 14.5 Å². The Kier molecular flexibility index (Phi) is 8.91. The van der Waals surface area contributed by atoms with Gasteiger partial charge in [0.1, 0.15) is 12.4 Å². The van der Waals surface area contributed by atoms with E-state index in [1.54, 1.807) is 18.2 Å². The van der Waals surface area contributed by atoms with Crippen molar-refractivity contribution >= 4 is 34.0 Å². The summed E-state index contributed by atoms with van der Waals surface area (Å²) >= 11 is 0. The van der Waals surface area contributed by atoms with Gasteiger partial charge >= 0.3 is 0 Å². The van der Waals surface area contributed by atoms with Crippen molar-refractivity contribution < 1.29 is 23.8 Å². The molecule has 5 N–H and O–H groups in total. The smallest absolute Gasteiger partial charge is 0.276 e. The topological polar surface area (TPSA) is 142 Å². The van der Waals surface area contributed by atoms with Crippen LogP contribution in [0.4, 0.5) is 5.69 Å². The Morgan fingerprint density at radius 3 is 2.38 bits per heavy atom. The molecule has 0 bridgehead atoms. The van der Waals surface area contributed by atoms with Crippen LogP contribution in [0, 0.1) is 0 Å². The number of rotatable bonds is 9. The van der Waals surface area contributed by atoms with E-state index in [2.05, 4.69) is 15.3 Å². The SMILES string of the molecule is COc1c(NC(=O)/C(=N/N)c2ccc(OCCN3CCOCC3)c3ccccc23)cc(C(C)(C)C)cc1C(N)=O. The third kappa shape index (κ3) is 6.35. The number of nitrogens with one attached hydrogen (secondary N) is 1. The summed E-state index contributed by atoms with van der Waals surface area (Å²) < 4.78 is 17.0. The van der Waals surface area contributed by atoms with Gasteiger partial charge < -0.3 is 31.1 Å². The highest BCUT2D eigenvalue weighted by molar-refractivity contribution is 6.50. The average Bonchev–Trinajstić information content (AvgIpc) is 2.94. The molecule has 1 aliphatic rings. The van der Waals surface area contributed by atoms with E-state index in [-0.39, 0.29) is 22.4 Å². The zero-order chi connectivity index (χ0) is 28.9. The van der Waals surface area contributed by atoms with Crippen molar-refractivity contribution in [3.8, 4) is 11.5 Å². The number of carbonyl (C=O) groups is 2. The lowest BCUT2D eigenvalue weighted by atomic mass is 9.85. The predicted octanol–water partition coefficient (Wildman–Crippen LogP) is 3.26. The number of anilines is 1. The third-order valence-corrected chi connectivity index (χ3v) is 6.92. The first kappa shape index (κ1) is 28.8. The molecular formula is C30H37N5O5. The molecule has 4 rings (SSSR count). The molecular weight excluding hydrogens is 510 g/mol. The number of nitrogens with zero attached hydrogens (tertiary/aromatic N) is 2. The minimum Gasteiger partial charge on any atom is -0.494 e.